The maximum atomic E-state index is 12.4. The zero-order valence-corrected chi connectivity index (χ0v) is 15.6. The summed E-state index contributed by atoms with van der Waals surface area (Å²) in [6.45, 7) is 3.47. The molecule has 1 unspecified atom stereocenters. The van der Waals surface area contributed by atoms with E-state index in [1.165, 1.54) is 12.4 Å². The van der Waals surface area contributed by atoms with Gasteiger partial charge in [0.05, 0.1) is 13.3 Å². The largest absolute Gasteiger partial charge is 0.480 e. The molecule has 7 nitrogen and oxygen atoms in total. The molecule has 1 fully saturated rings. The molecular weight excluding hydrogens is 354 g/mol. The van der Waals surface area contributed by atoms with Gasteiger partial charge >= 0.3 is 0 Å². The zero-order valence-electron chi connectivity index (χ0n) is 14.9. The molecule has 0 saturated carbocycles. The first kappa shape index (κ1) is 18.5. The normalized spacial score (nSPS) is 16.3. The highest BCUT2D eigenvalue weighted by molar-refractivity contribution is 6.31. The van der Waals surface area contributed by atoms with Crippen LogP contribution < -0.4 is 10.1 Å². The minimum atomic E-state index is -0.0595. The minimum absolute atomic E-state index is 0.0595. The lowest BCUT2D eigenvalue weighted by Crippen LogP contribution is -2.45. The maximum Gasteiger partial charge on any atom is 0.274 e. The second-order valence-corrected chi connectivity index (χ2v) is 6.71. The predicted molar refractivity (Wildman–Crippen MR) is 98.3 cm³/mol. The van der Waals surface area contributed by atoms with E-state index < -0.39 is 0 Å². The number of hydrogen-bond donors (Lipinski definition) is 1. The van der Waals surface area contributed by atoms with E-state index >= 15 is 0 Å². The van der Waals surface area contributed by atoms with Crippen molar-refractivity contribution in [1.29, 1.82) is 0 Å². The third-order valence-electron chi connectivity index (χ3n) is 4.57. The molecule has 1 saturated heterocycles. The van der Waals surface area contributed by atoms with Crippen molar-refractivity contribution in [1.82, 2.24) is 25.2 Å². The number of nitrogens with one attached hydrogen (secondary N) is 1. The Morgan fingerprint density at radius 3 is 2.69 bits per heavy atom. The molecule has 138 valence electrons. The average Bonchev–Trinajstić information content (AvgIpc) is 2.68. The fourth-order valence-electron chi connectivity index (χ4n) is 3.10. The number of carbonyl (C=O) groups excluding carboxylic acids is 1. The highest BCUT2D eigenvalue weighted by Gasteiger charge is 2.25. The monoisotopic (exact) mass is 375 g/mol. The summed E-state index contributed by atoms with van der Waals surface area (Å²) in [7, 11) is 1.55. The molecule has 26 heavy (non-hydrogen) atoms. The van der Waals surface area contributed by atoms with Crippen molar-refractivity contribution in [2.45, 2.75) is 31.8 Å². The molecule has 2 aromatic heterocycles. The fourth-order valence-corrected chi connectivity index (χ4v) is 3.35. The Kier molecular flexibility index (Phi) is 6.00. The second-order valence-electron chi connectivity index (χ2n) is 6.31. The van der Waals surface area contributed by atoms with E-state index in [0.717, 1.165) is 18.4 Å². The van der Waals surface area contributed by atoms with Crippen LogP contribution in [0.5, 0.6) is 5.88 Å². The highest BCUT2D eigenvalue weighted by Crippen LogP contribution is 2.25. The van der Waals surface area contributed by atoms with Crippen LogP contribution in [0, 0.1) is 0 Å². The summed E-state index contributed by atoms with van der Waals surface area (Å²) in [6.07, 6.45) is 8.15. The van der Waals surface area contributed by atoms with Gasteiger partial charge in [0.15, 0.2) is 0 Å². The highest BCUT2D eigenvalue weighted by atomic mass is 35.5. The van der Waals surface area contributed by atoms with Gasteiger partial charge in [-0.2, -0.15) is 0 Å². The molecule has 0 aliphatic carbocycles. The lowest BCUT2D eigenvalue weighted by atomic mass is 10.0. The first-order chi connectivity index (χ1) is 12.6. The summed E-state index contributed by atoms with van der Waals surface area (Å²) in [5.74, 6) is 0.370. The molecule has 0 radical (unpaired) electrons. The molecule has 1 atom stereocenters. The number of aromatic nitrogens is 3. The van der Waals surface area contributed by atoms with Gasteiger partial charge in [-0.1, -0.05) is 11.6 Å². The number of carbonyl (C=O) groups is 1. The number of likely N-dealkylation sites (tertiary alicyclic amines) is 1. The average molecular weight is 376 g/mol. The van der Waals surface area contributed by atoms with Crippen LogP contribution >= 0.6 is 11.6 Å². The maximum absolute atomic E-state index is 12.4. The summed E-state index contributed by atoms with van der Waals surface area (Å²) in [4.78, 5) is 26.5. The van der Waals surface area contributed by atoms with Crippen molar-refractivity contribution in [2.75, 3.05) is 20.2 Å². The number of piperidine rings is 1. The van der Waals surface area contributed by atoms with E-state index in [9.17, 15) is 4.79 Å². The smallest absolute Gasteiger partial charge is 0.274 e. The molecule has 1 amide bonds. The molecule has 3 rings (SSSR count). The van der Waals surface area contributed by atoms with Gasteiger partial charge in [-0.3, -0.25) is 9.78 Å². The summed E-state index contributed by atoms with van der Waals surface area (Å²) in [5.41, 5.74) is 1.40. The van der Waals surface area contributed by atoms with Crippen LogP contribution in [-0.2, 0) is 0 Å². The quantitative estimate of drug-likeness (QED) is 0.864. The van der Waals surface area contributed by atoms with Crippen LogP contribution in [0.1, 0.15) is 41.9 Å². The summed E-state index contributed by atoms with van der Waals surface area (Å²) < 4.78 is 5.09. The number of pyridine rings is 1. The van der Waals surface area contributed by atoms with Gasteiger partial charge in [0.25, 0.3) is 5.91 Å². The fraction of sp³-hybridized carbons (Fsp3) is 0.444. The van der Waals surface area contributed by atoms with Crippen molar-refractivity contribution in [3.8, 4) is 5.88 Å². The van der Waals surface area contributed by atoms with Crippen molar-refractivity contribution in [3.63, 3.8) is 0 Å². The van der Waals surface area contributed by atoms with E-state index in [1.807, 2.05) is 11.0 Å². The number of nitrogens with zero attached hydrogens (tertiary/aromatic N) is 4. The van der Waals surface area contributed by atoms with E-state index in [2.05, 4.69) is 27.2 Å². The molecule has 8 heteroatoms. The molecule has 0 aromatic carbocycles. The SMILES string of the molecule is COc1ncc(C(C)NC2CCN(C(=O)c3cnccn3)CC2)cc1Cl. The molecule has 0 bridgehead atoms. The summed E-state index contributed by atoms with van der Waals surface area (Å²) >= 11 is 6.16. The first-order valence-electron chi connectivity index (χ1n) is 8.59. The Labute approximate surface area is 157 Å². The van der Waals surface area contributed by atoms with Gasteiger partial charge in [0, 0.05) is 43.8 Å². The van der Waals surface area contributed by atoms with E-state index in [-0.39, 0.29) is 11.9 Å². The van der Waals surface area contributed by atoms with Gasteiger partial charge in [-0.25, -0.2) is 9.97 Å². The Hall–Kier alpha value is -2.25. The van der Waals surface area contributed by atoms with Crippen LogP contribution in [0.2, 0.25) is 5.02 Å². The Morgan fingerprint density at radius 2 is 2.08 bits per heavy atom. The van der Waals surface area contributed by atoms with Crippen LogP contribution in [0.25, 0.3) is 0 Å². The van der Waals surface area contributed by atoms with Gasteiger partial charge in [0.2, 0.25) is 5.88 Å². The third-order valence-corrected chi connectivity index (χ3v) is 4.84. The van der Waals surface area contributed by atoms with Crippen LogP contribution in [-0.4, -0.2) is 52.0 Å². The standard InChI is InChI=1S/C18H22ClN5O2/c1-12(13-9-15(19)17(26-2)22-10-13)23-14-3-7-24(8-4-14)18(25)16-11-20-5-6-21-16/h5-6,9-12,14,23H,3-4,7-8H2,1-2H3. The number of halogens is 1. The van der Waals surface area contributed by atoms with Crippen molar-refractivity contribution in [2.24, 2.45) is 0 Å². The molecule has 2 aromatic rings. The molecule has 1 N–H and O–H groups in total. The van der Waals surface area contributed by atoms with Gasteiger partial charge in [0.1, 0.15) is 10.7 Å². The van der Waals surface area contributed by atoms with Gasteiger partial charge in [-0.05, 0) is 31.4 Å². The Balaban J connectivity index is 1.53. The second kappa shape index (κ2) is 8.42. The van der Waals surface area contributed by atoms with E-state index in [4.69, 9.17) is 16.3 Å². The first-order valence-corrected chi connectivity index (χ1v) is 8.97. The van der Waals surface area contributed by atoms with Crippen molar-refractivity contribution >= 4 is 17.5 Å². The lowest BCUT2D eigenvalue weighted by Gasteiger charge is -2.33. The lowest BCUT2D eigenvalue weighted by molar-refractivity contribution is 0.0696. The predicted octanol–water partition coefficient (Wildman–Crippen LogP) is 2.49. The van der Waals surface area contributed by atoms with Gasteiger partial charge < -0.3 is 15.0 Å². The topological polar surface area (TPSA) is 80.2 Å². The molecule has 1 aliphatic rings. The zero-order chi connectivity index (χ0) is 18.5. The summed E-state index contributed by atoms with van der Waals surface area (Å²) in [6, 6.07) is 2.31. The number of methoxy groups -OCH3 is 1. The van der Waals surface area contributed by atoms with E-state index in [1.54, 1.807) is 19.5 Å². The van der Waals surface area contributed by atoms with Gasteiger partial charge in [-0.15, -0.1) is 0 Å². The molecule has 1 aliphatic heterocycles. The van der Waals surface area contributed by atoms with Crippen LogP contribution in [0.15, 0.2) is 30.9 Å². The third kappa shape index (κ3) is 4.28. The van der Waals surface area contributed by atoms with Crippen molar-refractivity contribution < 1.29 is 9.53 Å². The van der Waals surface area contributed by atoms with Crippen molar-refractivity contribution in [3.05, 3.63) is 47.1 Å². The Morgan fingerprint density at radius 1 is 1.31 bits per heavy atom. The minimum Gasteiger partial charge on any atom is -0.480 e. The van der Waals surface area contributed by atoms with Crippen LogP contribution in [0.4, 0.5) is 0 Å². The number of rotatable bonds is 5. The number of ether oxygens (including phenoxy) is 1. The number of amides is 1. The molecule has 3 heterocycles. The molecule has 0 spiro atoms. The number of hydrogen-bond acceptors (Lipinski definition) is 6. The summed E-state index contributed by atoms with van der Waals surface area (Å²) in [5, 5.41) is 4.10. The van der Waals surface area contributed by atoms with Crippen LogP contribution in [0.3, 0.4) is 0 Å². The Bertz CT molecular complexity index is 751. The molecular formula is C18H22ClN5O2. The van der Waals surface area contributed by atoms with E-state index in [0.29, 0.717) is 35.7 Å².